The van der Waals surface area contributed by atoms with Gasteiger partial charge in [0.05, 0.1) is 5.92 Å². The molecule has 0 aliphatic heterocycles. The van der Waals surface area contributed by atoms with Crippen molar-refractivity contribution in [1.29, 1.82) is 0 Å². The summed E-state index contributed by atoms with van der Waals surface area (Å²) in [5.41, 5.74) is 2.47. The van der Waals surface area contributed by atoms with Crippen molar-refractivity contribution in [1.82, 2.24) is 0 Å². The van der Waals surface area contributed by atoms with Gasteiger partial charge in [-0.15, -0.1) is 0 Å². The van der Waals surface area contributed by atoms with E-state index in [-0.39, 0.29) is 17.8 Å². The molecular weight excluding hydrogens is 302 g/mol. The third-order valence-electron chi connectivity index (χ3n) is 4.31. The molecule has 2 aromatic rings. The number of hydrogen-bond acceptors (Lipinski definition) is 3. The number of esters is 1. The van der Waals surface area contributed by atoms with Crippen LogP contribution in [0, 0.1) is 18.8 Å². The Hall–Kier alpha value is -2.62. The Kier molecular flexibility index (Phi) is 4.65. The van der Waals surface area contributed by atoms with Crippen molar-refractivity contribution in [3.05, 3.63) is 65.7 Å². The third kappa shape index (κ3) is 3.82. The maximum atomic E-state index is 12.7. The molecule has 0 heterocycles. The average Bonchev–Trinajstić information content (AvgIpc) is 3.32. The summed E-state index contributed by atoms with van der Waals surface area (Å²) in [6.45, 7) is 3.99. The van der Waals surface area contributed by atoms with Gasteiger partial charge in [0.2, 0.25) is 6.10 Å². The lowest BCUT2D eigenvalue weighted by Gasteiger charge is -2.18. The van der Waals surface area contributed by atoms with Gasteiger partial charge in [0.1, 0.15) is 0 Å². The van der Waals surface area contributed by atoms with Crippen LogP contribution in [0.1, 0.15) is 30.6 Å². The first kappa shape index (κ1) is 16.2. The van der Waals surface area contributed by atoms with Crippen molar-refractivity contribution < 1.29 is 14.3 Å². The van der Waals surface area contributed by atoms with Crippen LogP contribution in [0.5, 0.6) is 0 Å². The molecule has 3 rings (SSSR count). The molecule has 0 saturated heterocycles. The molecule has 24 heavy (non-hydrogen) atoms. The van der Waals surface area contributed by atoms with Crippen LogP contribution in [0.15, 0.2) is 54.6 Å². The van der Waals surface area contributed by atoms with E-state index in [2.05, 4.69) is 5.32 Å². The van der Waals surface area contributed by atoms with Gasteiger partial charge >= 0.3 is 5.97 Å². The first-order chi connectivity index (χ1) is 11.5. The van der Waals surface area contributed by atoms with E-state index in [9.17, 15) is 9.59 Å². The van der Waals surface area contributed by atoms with Crippen LogP contribution < -0.4 is 5.32 Å². The van der Waals surface area contributed by atoms with Gasteiger partial charge < -0.3 is 10.1 Å². The number of hydrogen-bond donors (Lipinski definition) is 1. The Morgan fingerprint density at radius 3 is 2.29 bits per heavy atom. The predicted octanol–water partition coefficient (Wildman–Crippen LogP) is 3.87. The lowest BCUT2D eigenvalue weighted by molar-refractivity contribution is -0.156. The van der Waals surface area contributed by atoms with E-state index in [0.29, 0.717) is 17.2 Å². The molecule has 0 unspecified atom stereocenters. The summed E-state index contributed by atoms with van der Waals surface area (Å²) in [7, 11) is 0. The smallest absolute Gasteiger partial charge is 0.310 e. The van der Waals surface area contributed by atoms with Crippen LogP contribution >= 0.6 is 0 Å². The highest BCUT2D eigenvalue weighted by Crippen LogP contribution is 2.39. The van der Waals surface area contributed by atoms with E-state index in [0.717, 1.165) is 12.0 Å². The fourth-order valence-corrected chi connectivity index (χ4v) is 2.60. The fourth-order valence-electron chi connectivity index (χ4n) is 2.60. The van der Waals surface area contributed by atoms with Gasteiger partial charge in [-0.25, -0.2) is 0 Å². The Morgan fingerprint density at radius 1 is 1.08 bits per heavy atom. The number of benzene rings is 2. The first-order valence-electron chi connectivity index (χ1n) is 8.17. The molecule has 1 aliphatic carbocycles. The highest BCUT2D eigenvalue weighted by Gasteiger charge is 2.42. The summed E-state index contributed by atoms with van der Waals surface area (Å²) in [5, 5.41) is 2.83. The van der Waals surface area contributed by atoms with Gasteiger partial charge in [0, 0.05) is 11.3 Å². The summed E-state index contributed by atoms with van der Waals surface area (Å²) in [6.07, 6.45) is -0.104. The molecule has 4 nitrogen and oxygen atoms in total. The molecule has 1 amide bonds. The molecule has 1 saturated carbocycles. The van der Waals surface area contributed by atoms with Gasteiger partial charge in [-0.2, -0.15) is 0 Å². The molecule has 1 fully saturated rings. The number of rotatable bonds is 5. The normalized spacial score (nSPS) is 20.1. The number of nitrogens with one attached hydrogen (secondary N) is 1. The van der Waals surface area contributed by atoms with Gasteiger partial charge in [0.25, 0.3) is 5.91 Å². The largest absolute Gasteiger partial charge is 0.447 e. The van der Waals surface area contributed by atoms with Crippen molar-refractivity contribution in [2.24, 2.45) is 11.8 Å². The van der Waals surface area contributed by atoms with Crippen molar-refractivity contribution in [2.45, 2.75) is 26.4 Å². The monoisotopic (exact) mass is 323 g/mol. The van der Waals surface area contributed by atoms with E-state index < -0.39 is 6.10 Å². The van der Waals surface area contributed by atoms with Gasteiger partial charge in [-0.05, 0) is 31.4 Å². The summed E-state index contributed by atoms with van der Waals surface area (Å²) in [4.78, 5) is 24.9. The number of aryl methyl sites for hydroxylation is 1. The van der Waals surface area contributed by atoms with Crippen LogP contribution in [0.2, 0.25) is 0 Å². The summed E-state index contributed by atoms with van der Waals surface area (Å²) in [6, 6.07) is 16.6. The van der Waals surface area contributed by atoms with Crippen molar-refractivity contribution in [3.63, 3.8) is 0 Å². The zero-order valence-electron chi connectivity index (χ0n) is 13.9. The van der Waals surface area contributed by atoms with Crippen LogP contribution in [0.25, 0.3) is 0 Å². The van der Waals surface area contributed by atoms with Crippen molar-refractivity contribution >= 4 is 17.6 Å². The van der Waals surface area contributed by atoms with E-state index in [1.165, 1.54) is 0 Å². The maximum absolute atomic E-state index is 12.7. The molecule has 0 spiro atoms. The SMILES string of the molecule is Cc1ccc(NC(=O)[C@@H](OC(=O)[C@H]2C[C@@H]2C)c2ccccc2)cc1. The number of anilines is 1. The molecule has 1 N–H and O–H groups in total. The standard InChI is InChI=1S/C20H21NO3/c1-13-8-10-16(11-9-13)21-19(22)18(15-6-4-3-5-7-15)24-20(23)17-12-14(17)2/h3-11,14,17-18H,12H2,1-2H3,(H,21,22)/t14-,17-,18-/m0/s1. The Bertz CT molecular complexity index is 724. The molecule has 1 aliphatic rings. The van der Waals surface area contributed by atoms with Crippen LogP contribution in [-0.2, 0) is 14.3 Å². The quantitative estimate of drug-likeness (QED) is 0.850. The molecule has 0 bridgehead atoms. The molecule has 4 heteroatoms. The van der Waals surface area contributed by atoms with Gasteiger partial charge in [-0.1, -0.05) is 55.0 Å². The minimum absolute atomic E-state index is 0.0802. The average molecular weight is 323 g/mol. The second-order valence-corrected chi connectivity index (χ2v) is 6.40. The first-order valence-corrected chi connectivity index (χ1v) is 8.17. The van der Waals surface area contributed by atoms with Gasteiger partial charge in [0.15, 0.2) is 0 Å². The number of carbonyl (C=O) groups excluding carboxylic acids is 2. The van der Waals surface area contributed by atoms with E-state index in [4.69, 9.17) is 4.74 Å². The highest BCUT2D eigenvalue weighted by atomic mass is 16.5. The molecular formula is C20H21NO3. The number of amides is 1. The zero-order valence-corrected chi connectivity index (χ0v) is 13.9. The number of ether oxygens (including phenoxy) is 1. The van der Waals surface area contributed by atoms with E-state index in [1.807, 2.05) is 56.3 Å². The minimum Gasteiger partial charge on any atom is -0.447 e. The lowest BCUT2D eigenvalue weighted by Crippen LogP contribution is -2.26. The summed E-state index contributed by atoms with van der Waals surface area (Å²) < 4.78 is 5.54. The Labute approximate surface area is 141 Å². The molecule has 2 aromatic carbocycles. The van der Waals surface area contributed by atoms with Crippen molar-refractivity contribution in [2.75, 3.05) is 5.32 Å². The Morgan fingerprint density at radius 2 is 1.71 bits per heavy atom. The van der Waals surface area contributed by atoms with E-state index >= 15 is 0 Å². The second-order valence-electron chi connectivity index (χ2n) is 6.40. The van der Waals surface area contributed by atoms with Crippen molar-refractivity contribution in [3.8, 4) is 0 Å². The van der Waals surface area contributed by atoms with Gasteiger partial charge in [-0.3, -0.25) is 9.59 Å². The molecule has 124 valence electrons. The molecule has 0 radical (unpaired) electrons. The minimum atomic E-state index is -0.937. The van der Waals surface area contributed by atoms with Crippen LogP contribution in [0.3, 0.4) is 0 Å². The third-order valence-corrected chi connectivity index (χ3v) is 4.31. The van der Waals surface area contributed by atoms with Crippen LogP contribution in [0.4, 0.5) is 5.69 Å². The summed E-state index contributed by atoms with van der Waals surface area (Å²) >= 11 is 0. The fraction of sp³-hybridized carbons (Fsp3) is 0.300. The zero-order chi connectivity index (χ0) is 17.1. The topological polar surface area (TPSA) is 55.4 Å². The molecule has 0 aromatic heterocycles. The maximum Gasteiger partial charge on any atom is 0.310 e. The molecule has 3 atom stereocenters. The number of carbonyl (C=O) groups is 2. The highest BCUT2D eigenvalue weighted by molar-refractivity contribution is 5.96. The lowest BCUT2D eigenvalue weighted by atomic mass is 10.1. The van der Waals surface area contributed by atoms with Crippen LogP contribution in [-0.4, -0.2) is 11.9 Å². The van der Waals surface area contributed by atoms with E-state index in [1.54, 1.807) is 12.1 Å². The second kappa shape index (κ2) is 6.87. The Balaban J connectivity index is 1.76. The predicted molar refractivity (Wildman–Crippen MR) is 92.4 cm³/mol. The summed E-state index contributed by atoms with van der Waals surface area (Å²) in [5.74, 6) is -0.375.